The fraction of sp³-hybridized carbons (Fsp3) is 0.743. The Kier molecular flexibility index (Phi) is 44.0. The average molecular weight is 1740 g/mol. The average Bonchev–Trinajstić information content (AvgIpc) is 1.07. The molecule has 0 aliphatic carbocycles. The highest BCUT2D eigenvalue weighted by Crippen LogP contribution is 2.35. The van der Waals surface area contributed by atoms with Crippen LogP contribution < -0.4 is 98.2 Å². The molecular weight excluding hydrogens is 1620 g/mol. The predicted octanol–water partition coefficient (Wildman–Crippen LogP) is -14.5. The van der Waals surface area contributed by atoms with Gasteiger partial charge in [-0.05, 0) is 83.1 Å². The van der Waals surface area contributed by atoms with E-state index < -0.39 is 302 Å². The highest BCUT2D eigenvalue weighted by Gasteiger charge is 2.56. The van der Waals surface area contributed by atoms with Crippen LogP contribution in [0.5, 0.6) is 0 Å². The topological polar surface area (TPSA) is 816 Å². The van der Waals surface area contributed by atoms with Gasteiger partial charge >= 0.3 is 0 Å². The quantitative estimate of drug-likeness (QED) is 0.0116. The lowest BCUT2D eigenvalue weighted by molar-refractivity contribution is -0.346. The zero-order valence-electron chi connectivity index (χ0n) is 68.0. The third-order valence-electron chi connectivity index (χ3n) is 19.0. The number of carbonyl (C=O) groups is 17. The number of hydrogen-bond donors (Lipinski definition) is 27. The Bertz CT molecular complexity index is 3580. The number of imide groups is 1. The van der Waals surface area contributed by atoms with E-state index in [0.29, 0.717) is 16.7 Å². The first-order valence-corrected chi connectivity index (χ1v) is 39.7. The second kappa shape index (κ2) is 50.5. The number of nitrogens with two attached hydrogens (primary N) is 6. The number of primary amides is 3. The van der Waals surface area contributed by atoms with E-state index in [0.717, 1.165) is 6.92 Å². The number of nitrogens with zero attached hydrogens (tertiary/aromatic N) is 2. The van der Waals surface area contributed by atoms with E-state index in [9.17, 15) is 127 Å². The first kappa shape index (κ1) is 104. The molecule has 50 heteroatoms. The van der Waals surface area contributed by atoms with E-state index in [1.54, 1.807) is 27.7 Å². The van der Waals surface area contributed by atoms with Crippen LogP contribution in [-0.2, 0) is 95.7 Å². The summed E-state index contributed by atoms with van der Waals surface area (Å²) in [6.07, 6.45) is -22.6. The normalized spacial score (nSPS) is 23.4. The van der Waals surface area contributed by atoms with Crippen molar-refractivity contribution in [2.24, 2.45) is 57.1 Å². The number of nitrogens with one attached hydrogen (secondary N) is 12. The van der Waals surface area contributed by atoms with Crippen molar-refractivity contribution in [1.82, 2.24) is 68.7 Å². The summed E-state index contributed by atoms with van der Waals surface area (Å²) in [7, 11) is 0. The van der Waals surface area contributed by atoms with Crippen LogP contribution in [0, 0.1) is 17.8 Å². The Hall–Kier alpha value is -9.71. The van der Waals surface area contributed by atoms with Crippen molar-refractivity contribution in [2.75, 3.05) is 45.3 Å². The fourth-order valence-electron chi connectivity index (χ4n) is 12.3. The number of aliphatic imine (C=N–C) groups is 1. The van der Waals surface area contributed by atoms with Gasteiger partial charge in [0.15, 0.2) is 18.5 Å². The summed E-state index contributed by atoms with van der Waals surface area (Å²) in [6, 6.07) is -19.8. The molecule has 1 unspecified atom stereocenters. The standard InChI is InChI=1S/C70H120N20O29S/c1-27(2)19-36(84-58(107)35(14-12-18-77-70(75)76)82-57(106)31(8)79-65(114)47(28(3)4)80-32(9)95)61(110)87-38(22-91)62(111)88-40(26-120-43-21-46(98)90(67(43)116)68-52(102)51(101)54(42(25-94)117-68)119-69-53(103)50(100)49(99)41(24-93)118-69)64(113)83-34(13-10-11-17-71)59(108)86-39(23-92)63(112)89-48(29(5)6)66(115)85-37(20-45(73)97)60(109)78-30(7)56(105)81-33(55(74)104)15-16-44(72)96/h27-31,33-43,47-54,68-69,91-94,99-103H,10-26,71H2,1-9H3,(H2,72,96)(H2,73,97)(H2,74,104)(H,78,109)(H,79,114)(H,80,95)(H,81,105)(H,82,106)(H,83,113)(H,84,107)(H,85,115)(H,86,108)(H,87,110)(H,88,111)(H,89,112)(H4,75,76,77)/t30-,31-,33-,34-,35-,36-,37-,38-,39-,40-,41+,42+,43?,47-,48-,49+,50-,51+,52+,53+,54+,68+,69+/m0/s1. The SMILES string of the molecule is CC(=O)N[C@H](C(=O)N[C@@H](C)C(=O)N[C@@H](CCCN=C(N)N)C(=O)N[C@@H](CC(C)C)C(=O)N[C@@H](CO)C(=O)N[C@@H](CSC1CC(=O)N([C@@H]2O[C@H](CO)[C@@H](O[C@H]3O[C@H](CO)[C@@H](O)[C@H](O)[C@H]3O)[C@H](O)[C@H]2O)C1=O)C(=O)N[C@@H](CCCCN)C(=O)N[C@@H](CO)C(=O)N[C@H](C(=O)N[C@@H](CC(N)=O)C(=O)N[C@@H](C)C(=O)N[C@@H](CCC(N)=O)C(N)=O)C(C)C)C(C)C. The van der Waals surface area contributed by atoms with Gasteiger partial charge in [-0.2, -0.15) is 0 Å². The lowest BCUT2D eigenvalue weighted by Crippen LogP contribution is -2.67. The minimum Gasteiger partial charge on any atom is -0.394 e. The van der Waals surface area contributed by atoms with Crippen LogP contribution in [0.15, 0.2) is 4.99 Å². The first-order valence-electron chi connectivity index (χ1n) is 38.7. The molecule has 0 saturated carbocycles. The van der Waals surface area contributed by atoms with Gasteiger partial charge in [0.1, 0.15) is 121 Å². The van der Waals surface area contributed by atoms with E-state index in [1.807, 2.05) is 0 Å². The number of guanidine groups is 1. The van der Waals surface area contributed by atoms with Crippen LogP contribution in [0.4, 0.5) is 0 Å². The predicted molar refractivity (Wildman–Crippen MR) is 417 cm³/mol. The lowest BCUT2D eigenvalue weighted by atomic mass is 9.96. The largest absolute Gasteiger partial charge is 0.394 e. The number of ether oxygens (including phenoxy) is 3. The second-order valence-corrected chi connectivity index (χ2v) is 31.3. The van der Waals surface area contributed by atoms with Gasteiger partial charge in [-0.1, -0.05) is 41.5 Å². The summed E-state index contributed by atoms with van der Waals surface area (Å²) in [5, 5.41) is 123. The van der Waals surface area contributed by atoms with Crippen LogP contribution in [0.1, 0.15) is 127 Å². The number of aliphatic hydroxyl groups is 9. The Morgan fingerprint density at radius 1 is 0.492 bits per heavy atom. The molecule has 0 spiro atoms. The number of unbranched alkanes of at least 4 members (excludes halogenated alkanes) is 1. The third-order valence-corrected chi connectivity index (χ3v) is 20.3. The van der Waals surface area contributed by atoms with Crippen molar-refractivity contribution < 1.29 is 142 Å². The summed E-state index contributed by atoms with van der Waals surface area (Å²) in [6.45, 7) is 8.46. The van der Waals surface area contributed by atoms with E-state index in [2.05, 4.69) is 68.8 Å². The van der Waals surface area contributed by atoms with Gasteiger partial charge in [0.2, 0.25) is 100 Å². The Balaban J connectivity index is 2.07. The summed E-state index contributed by atoms with van der Waals surface area (Å²) in [4.78, 5) is 235. The molecule has 0 aromatic carbocycles. The summed E-state index contributed by atoms with van der Waals surface area (Å²) < 4.78 is 16.7. The molecule has 0 radical (unpaired) electrons. The van der Waals surface area contributed by atoms with Gasteiger partial charge < -0.3 is 158 Å². The highest BCUT2D eigenvalue weighted by molar-refractivity contribution is 8.00. The Morgan fingerprint density at radius 3 is 1.45 bits per heavy atom. The number of carbonyl (C=O) groups excluding carboxylic acids is 17. The molecule has 49 nitrogen and oxygen atoms in total. The summed E-state index contributed by atoms with van der Waals surface area (Å²) in [5.41, 5.74) is 32.7. The highest BCUT2D eigenvalue weighted by atomic mass is 32.2. The van der Waals surface area contributed by atoms with Gasteiger partial charge in [-0.3, -0.25) is 91.4 Å². The van der Waals surface area contributed by atoms with Crippen LogP contribution in [0.3, 0.4) is 0 Å². The van der Waals surface area contributed by atoms with Gasteiger partial charge in [0.05, 0.1) is 38.1 Å². The van der Waals surface area contributed by atoms with Crippen molar-refractivity contribution >= 4 is 118 Å². The molecule has 0 bridgehead atoms. The molecule has 3 heterocycles. The molecule has 0 aromatic rings. The number of thioether (sulfide) groups is 1. The van der Waals surface area contributed by atoms with E-state index in [-0.39, 0.29) is 70.4 Å². The number of rotatable bonds is 51. The zero-order chi connectivity index (χ0) is 91.0. The monoisotopic (exact) mass is 1740 g/mol. The molecule has 3 saturated heterocycles. The number of aliphatic hydroxyl groups excluding tert-OH is 9. The number of hydrogen-bond acceptors (Lipinski definition) is 32. The molecule has 3 fully saturated rings. The molecular formula is C70H120N20O29S. The van der Waals surface area contributed by atoms with Crippen molar-refractivity contribution in [2.45, 2.75) is 266 Å². The zero-order valence-corrected chi connectivity index (χ0v) is 68.8. The first-order chi connectivity index (χ1) is 56.2. The molecule has 120 heavy (non-hydrogen) atoms. The van der Waals surface area contributed by atoms with Crippen LogP contribution in [-0.4, -0.2) is 342 Å². The molecule has 3 rings (SSSR count). The Labute approximate surface area is 694 Å². The number of likely N-dealkylation sites (tertiary alicyclic amines) is 1. The van der Waals surface area contributed by atoms with Crippen molar-refractivity contribution in [3.05, 3.63) is 0 Å². The van der Waals surface area contributed by atoms with Gasteiger partial charge in [-0.25, -0.2) is 0 Å². The van der Waals surface area contributed by atoms with Crippen LogP contribution in [0.2, 0.25) is 0 Å². The maximum atomic E-state index is 15.0. The van der Waals surface area contributed by atoms with Crippen molar-refractivity contribution in [3.8, 4) is 0 Å². The smallest absolute Gasteiger partial charge is 0.245 e. The third kappa shape index (κ3) is 32.4. The van der Waals surface area contributed by atoms with E-state index >= 15 is 0 Å². The maximum absolute atomic E-state index is 15.0. The van der Waals surface area contributed by atoms with E-state index in [4.69, 9.17) is 48.6 Å². The number of amides is 17. The molecule has 23 atom stereocenters. The van der Waals surface area contributed by atoms with Gasteiger partial charge in [0.25, 0.3) is 0 Å². The molecule has 17 amide bonds. The molecule has 3 aliphatic heterocycles. The minimum atomic E-state index is -2.30. The summed E-state index contributed by atoms with van der Waals surface area (Å²) >= 11 is 0.479. The van der Waals surface area contributed by atoms with E-state index in [1.165, 1.54) is 27.7 Å². The minimum absolute atomic E-state index is 0.00548. The fourth-order valence-corrected chi connectivity index (χ4v) is 13.5. The van der Waals surface area contributed by atoms with Crippen molar-refractivity contribution in [3.63, 3.8) is 0 Å². The van der Waals surface area contributed by atoms with Crippen molar-refractivity contribution in [1.29, 1.82) is 0 Å². The molecule has 0 aromatic heterocycles. The van der Waals surface area contributed by atoms with Crippen LogP contribution >= 0.6 is 11.8 Å². The maximum Gasteiger partial charge on any atom is 0.245 e. The summed E-state index contributed by atoms with van der Waals surface area (Å²) in [5.74, 6) is -21.1. The molecule has 680 valence electrons. The molecule has 3 aliphatic rings. The van der Waals surface area contributed by atoms with Gasteiger partial charge in [-0.15, -0.1) is 11.8 Å². The van der Waals surface area contributed by atoms with Gasteiger partial charge in [0, 0.05) is 32.1 Å². The Morgan fingerprint density at radius 2 is 0.950 bits per heavy atom. The second-order valence-electron chi connectivity index (χ2n) is 30.1. The lowest BCUT2D eigenvalue weighted by Gasteiger charge is -2.47. The molecule has 33 N–H and O–H groups in total. The van der Waals surface area contributed by atoms with Crippen LogP contribution in [0.25, 0.3) is 0 Å².